The molecule has 8 heteroatoms. The van der Waals surface area contributed by atoms with Gasteiger partial charge in [0.25, 0.3) is 5.91 Å². The Hall–Kier alpha value is -2.87. The summed E-state index contributed by atoms with van der Waals surface area (Å²) >= 11 is 9.46. The number of benzene rings is 2. The number of thiophene rings is 1. The summed E-state index contributed by atoms with van der Waals surface area (Å²) in [5.41, 5.74) is 1.81. The molecule has 0 saturated heterocycles. The van der Waals surface area contributed by atoms with Crippen LogP contribution in [0.5, 0.6) is 5.75 Å². The monoisotopic (exact) mass is 468 g/mol. The van der Waals surface area contributed by atoms with Crippen LogP contribution in [0.15, 0.2) is 59.2 Å². The molecule has 5 nitrogen and oxygen atoms in total. The average Bonchev–Trinajstić information content (AvgIpc) is 3.52. The van der Waals surface area contributed by atoms with Crippen molar-refractivity contribution in [2.24, 2.45) is 0 Å². The fourth-order valence-electron chi connectivity index (χ4n) is 3.44. The van der Waals surface area contributed by atoms with Crippen LogP contribution in [0.25, 0.3) is 20.3 Å². The van der Waals surface area contributed by atoms with Gasteiger partial charge in [0.15, 0.2) is 5.13 Å². The predicted molar refractivity (Wildman–Crippen MR) is 127 cm³/mol. The van der Waals surface area contributed by atoms with Crippen LogP contribution in [0.2, 0.25) is 5.02 Å². The summed E-state index contributed by atoms with van der Waals surface area (Å²) < 4.78 is 13.0. The predicted octanol–water partition coefficient (Wildman–Crippen LogP) is 6.92. The minimum atomic E-state index is -0.210. The van der Waals surface area contributed by atoms with Crippen LogP contribution in [0.1, 0.15) is 21.0 Å². The molecule has 0 aliphatic heterocycles. The number of carbonyl (C=O) groups excluding carboxylic acids is 1. The summed E-state index contributed by atoms with van der Waals surface area (Å²) in [6.45, 7) is 2.27. The van der Waals surface area contributed by atoms with Crippen molar-refractivity contribution in [1.29, 1.82) is 0 Å². The van der Waals surface area contributed by atoms with Gasteiger partial charge in [-0.3, -0.25) is 9.69 Å². The lowest BCUT2D eigenvalue weighted by molar-refractivity contribution is 0.0987. The third-order valence-corrected chi connectivity index (χ3v) is 7.89. The highest BCUT2D eigenvalue weighted by Crippen LogP contribution is 2.40. The molecule has 0 saturated carbocycles. The molecule has 0 fully saturated rings. The van der Waals surface area contributed by atoms with E-state index in [-0.39, 0.29) is 12.5 Å². The van der Waals surface area contributed by atoms with E-state index in [0.717, 1.165) is 25.9 Å². The quantitative estimate of drug-likeness (QED) is 0.281. The first-order valence-corrected chi connectivity index (χ1v) is 11.5. The summed E-state index contributed by atoms with van der Waals surface area (Å²) in [7, 11) is 1.62. The number of ether oxygens (including phenoxy) is 1. The lowest BCUT2D eigenvalue weighted by Crippen LogP contribution is -2.29. The van der Waals surface area contributed by atoms with Crippen molar-refractivity contribution < 1.29 is 13.9 Å². The van der Waals surface area contributed by atoms with E-state index in [4.69, 9.17) is 25.7 Å². The average molecular weight is 469 g/mol. The Balaban J connectivity index is 1.65. The van der Waals surface area contributed by atoms with E-state index in [9.17, 15) is 4.79 Å². The maximum absolute atomic E-state index is 13.7. The molecule has 0 bridgehead atoms. The number of anilines is 1. The molecular formula is C23H17ClN2O3S2. The molecule has 0 aliphatic rings. The second-order valence-corrected chi connectivity index (χ2v) is 9.38. The maximum Gasteiger partial charge on any atom is 0.272 e. The molecule has 0 radical (unpaired) electrons. The lowest BCUT2D eigenvalue weighted by atomic mass is 10.2. The number of rotatable bonds is 5. The fraction of sp³-hybridized carbons (Fsp3) is 0.130. The van der Waals surface area contributed by atoms with Crippen LogP contribution in [0, 0.1) is 6.92 Å². The van der Waals surface area contributed by atoms with Crippen molar-refractivity contribution in [3.05, 3.63) is 76.0 Å². The van der Waals surface area contributed by atoms with Gasteiger partial charge in [-0.15, -0.1) is 11.3 Å². The molecule has 2 aromatic carbocycles. The van der Waals surface area contributed by atoms with Gasteiger partial charge in [-0.05, 0) is 36.8 Å². The number of thiazole rings is 1. The van der Waals surface area contributed by atoms with Crippen LogP contribution < -0.4 is 9.64 Å². The van der Waals surface area contributed by atoms with Gasteiger partial charge in [0.1, 0.15) is 21.9 Å². The van der Waals surface area contributed by atoms with Gasteiger partial charge in [0.05, 0.1) is 29.6 Å². The number of carbonyl (C=O) groups is 1. The Kier molecular flexibility index (Phi) is 5.17. The van der Waals surface area contributed by atoms with Gasteiger partial charge in [0, 0.05) is 10.1 Å². The number of fused-ring (bicyclic) bond motifs is 2. The zero-order chi connectivity index (χ0) is 21.5. The summed E-state index contributed by atoms with van der Waals surface area (Å²) in [6, 6.07) is 15.3. The normalized spacial score (nSPS) is 11.3. The molecule has 156 valence electrons. The summed E-state index contributed by atoms with van der Waals surface area (Å²) in [4.78, 5) is 20.6. The van der Waals surface area contributed by atoms with Gasteiger partial charge in [-0.25, -0.2) is 4.98 Å². The Labute approximate surface area is 191 Å². The second-order valence-electron chi connectivity index (χ2n) is 6.97. The highest BCUT2D eigenvalue weighted by Gasteiger charge is 2.27. The summed E-state index contributed by atoms with van der Waals surface area (Å²) in [6.07, 6.45) is 1.59. The number of nitrogens with zero attached hydrogens (tertiary/aromatic N) is 2. The number of hydrogen-bond acceptors (Lipinski definition) is 6. The van der Waals surface area contributed by atoms with Gasteiger partial charge in [-0.1, -0.05) is 47.2 Å². The molecule has 5 aromatic rings. The van der Waals surface area contributed by atoms with Crippen molar-refractivity contribution >= 4 is 65.6 Å². The Morgan fingerprint density at radius 2 is 2.00 bits per heavy atom. The van der Waals surface area contributed by atoms with E-state index >= 15 is 0 Å². The second kappa shape index (κ2) is 8.00. The van der Waals surface area contributed by atoms with Crippen molar-refractivity contribution in [3.8, 4) is 5.75 Å². The lowest BCUT2D eigenvalue weighted by Gasteiger charge is -2.18. The minimum absolute atomic E-state index is 0.210. The van der Waals surface area contributed by atoms with Crippen LogP contribution in [-0.2, 0) is 6.54 Å². The van der Waals surface area contributed by atoms with Crippen LogP contribution in [0.4, 0.5) is 5.13 Å². The van der Waals surface area contributed by atoms with Crippen LogP contribution in [0.3, 0.4) is 0 Å². The van der Waals surface area contributed by atoms with E-state index < -0.39 is 0 Å². The third-order valence-electron chi connectivity index (χ3n) is 5.01. The molecule has 3 aromatic heterocycles. The van der Waals surface area contributed by atoms with Crippen molar-refractivity contribution in [2.75, 3.05) is 12.0 Å². The van der Waals surface area contributed by atoms with E-state index in [0.29, 0.717) is 26.5 Å². The zero-order valence-electron chi connectivity index (χ0n) is 16.7. The molecule has 1 amide bonds. The van der Waals surface area contributed by atoms with Crippen molar-refractivity contribution in [3.63, 3.8) is 0 Å². The van der Waals surface area contributed by atoms with Gasteiger partial charge >= 0.3 is 0 Å². The highest BCUT2D eigenvalue weighted by atomic mass is 35.5. The van der Waals surface area contributed by atoms with E-state index in [2.05, 4.69) is 0 Å². The molecule has 0 unspecified atom stereocenters. The number of halogens is 1. The van der Waals surface area contributed by atoms with Crippen molar-refractivity contribution in [2.45, 2.75) is 13.5 Å². The first-order chi connectivity index (χ1) is 15.1. The topological polar surface area (TPSA) is 55.6 Å². The summed E-state index contributed by atoms with van der Waals surface area (Å²) in [5, 5.41) is 1.90. The van der Waals surface area contributed by atoms with Gasteiger partial charge in [-0.2, -0.15) is 0 Å². The van der Waals surface area contributed by atoms with E-state index in [1.807, 2.05) is 49.4 Å². The molecule has 0 spiro atoms. The molecule has 3 heterocycles. The van der Waals surface area contributed by atoms with Crippen LogP contribution in [-0.4, -0.2) is 18.0 Å². The molecule has 5 rings (SSSR count). The fourth-order valence-corrected chi connectivity index (χ4v) is 5.95. The molecule has 31 heavy (non-hydrogen) atoms. The highest BCUT2D eigenvalue weighted by molar-refractivity contribution is 7.23. The van der Waals surface area contributed by atoms with Gasteiger partial charge in [0.2, 0.25) is 0 Å². The van der Waals surface area contributed by atoms with E-state index in [1.54, 1.807) is 24.3 Å². The SMILES string of the molecule is COc1ccc(C)c2sc(N(Cc3ccco3)C(=O)c3sc4ccccc4c3Cl)nc12. The third kappa shape index (κ3) is 3.48. The van der Waals surface area contributed by atoms with E-state index in [1.165, 1.54) is 22.7 Å². The number of aryl methyl sites for hydroxylation is 1. The molecular weight excluding hydrogens is 452 g/mol. The largest absolute Gasteiger partial charge is 0.494 e. The summed E-state index contributed by atoms with van der Waals surface area (Å²) in [5.74, 6) is 1.13. The van der Waals surface area contributed by atoms with Gasteiger partial charge < -0.3 is 9.15 Å². The minimum Gasteiger partial charge on any atom is -0.494 e. The zero-order valence-corrected chi connectivity index (χ0v) is 19.1. The molecule has 0 atom stereocenters. The van der Waals surface area contributed by atoms with Crippen LogP contribution >= 0.6 is 34.3 Å². The Morgan fingerprint density at radius 1 is 1.16 bits per heavy atom. The molecule has 0 aliphatic carbocycles. The smallest absolute Gasteiger partial charge is 0.272 e. The molecule has 0 N–H and O–H groups in total. The Bertz CT molecular complexity index is 1410. The first-order valence-electron chi connectivity index (χ1n) is 9.52. The van der Waals surface area contributed by atoms with Crippen molar-refractivity contribution in [1.82, 2.24) is 4.98 Å². The standard InChI is InChI=1S/C23H17ClN2O3S2/c1-13-9-10-16(28-2)19-20(13)31-23(25-19)26(12-14-6-5-11-29-14)22(27)21-18(24)15-7-3-4-8-17(15)30-21/h3-11H,12H2,1-2H3. The first kappa shape index (κ1) is 20.1. The maximum atomic E-state index is 13.7. The number of methoxy groups -OCH3 is 1. The Morgan fingerprint density at radius 3 is 2.74 bits per heavy atom. The number of amides is 1. The number of hydrogen-bond donors (Lipinski definition) is 0. The number of aromatic nitrogens is 1. The number of furan rings is 1.